The summed E-state index contributed by atoms with van der Waals surface area (Å²) in [6.07, 6.45) is 6.32. The summed E-state index contributed by atoms with van der Waals surface area (Å²) in [6, 6.07) is 12.9. The molecule has 3 unspecified atom stereocenters. The molecule has 0 radical (unpaired) electrons. The fourth-order valence-electron chi connectivity index (χ4n) is 7.45. The maximum absolute atomic E-state index is 14.7. The topological polar surface area (TPSA) is 96.4 Å². The second-order valence-electron chi connectivity index (χ2n) is 12.0. The molecule has 42 heavy (non-hydrogen) atoms. The number of anilines is 1. The van der Waals surface area contributed by atoms with Crippen LogP contribution in [0.15, 0.2) is 67.8 Å². The third kappa shape index (κ3) is 4.84. The van der Waals surface area contributed by atoms with Crippen LogP contribution in [0, 0.1) is 17.8 Å². The van der Waals surface area contributed by atoms with Gasteiger partial charge in [-0.15, -0.1) is 13.2 Å². The highest BCUT2D eigenvalue weighted by atomic mass is 16.6. The van der Waals surface area contributed by atoms with Crippen LogP contribution in [0.5, 0.6) is 0 Å². The van der Waals surface area contributed by atoms with Crippen molar-refractivity contribution in [2.24, 2.45) is 17.8 Å². The van der Waals surface area contributed by atoms with E-state index < -0.39 is 35.0 Å². The first kappa shape index (κ1) is 30.0. The number of rotatable bonds is 13. The van der Waals surface area contributed by atoms with E-state index in [2.05, 4.69) is 13.2 Å². The smallest absolute Gasteiger partial charge is 0.312 e. The van der Waals surface area contributed by atoms with E-state index in [0.717, 1.165) is 17.2 Å². The van der Waals surface area contributed by atoms with E-state index in [-0.39, 0.29) is 44.0 Å². The molecule has 8 heteroatoms. The first-order valence-corrected chi connectivity index (χ1v) is 15.0. The number of amides is 2. The molecule has 0 aliphatic carbocycles. The highest BCUT2D eigenvalue weighted by Crippen LogP contribution is 2.65. The van der Waals surface area contributed by atoms with Crippen LogP contribution in [-0.2, 0) is 23.9 Å². The van der Waals surface area contributed by atoms with E-state index in [0.29, 0.717) is 31.4 Å². The molecule has 3 aliphatic heterocycles. The highest BCUT2D eigenvalue weighted by molar-refractivity contribution is 6.05. The van der Waals surface area contributed by atoms with Gasteiger partial charge in [-0.2, -0.15) is 0 Å². The maximum atomic E-state index is 14.7. The first-order chi connectivity index (χ1) is 20.2. The number of benzene rings is 2. The van der Waals surface area contributed by atoms with Gasteiger partial charge in [-0.3, -0.25) is 14.4 Å². The minimum Gasteiger partial charge on any atom is -0.465 e. The van der Waals surface area contributed by atoms with Gasteiger partial charge in [-0.05, 0) is 67.9 Å². The first-order valence-electron chi connectivity index (χ1n) is 15.0. The number of esters is 1. The Morgan fingerprint density at radius 1 is 1.14 bits per heavy atom. The number of hydrogen-bond donors (Lipinski definition) is 1. The molecule has 2 aromatic carbocycles. The summed E-state index contributed by atoms with van der Waals surface area (Å²) in [4.78, 5) is 45.9. The standard InChI is InChI=1S/C34H42N2O6/c1-5-7-12-20-41-32(40)28-27-30(38)36(18-10-11-19-37)29(34(27)22-23(3)33(28,4)42-34)31(39)35(17-6-2)26-16-15-24-13-8-9-14-25(24)21-26/h5-6,8-9,13-16,21,23,27-29,37H,1-2,7,10-12,17-20,22H2,3-4H3/t23?,27-,28+,29?,33-,34?/m0/s1. The second kappa shape index (κ2) is 12.0. The van der Waals surface area contributed by atoms with Crippen LogP contribution in [0.1, 0.15) is 46.0 Å². The SMILES string of the molecule is C=CCCCOC(=O)[C@H]1[C@H]2C(=O)N(CCCCO)C(C(=O)N(CC=C)c3ccc4ccccc4c3)C23CC(C)[C@]1(C)O3. The number of unbranched alkanes of at least 4 members (excludes halogenated alkanes) is 2. The van der Waals surface area contributed by atoms with Crippen molar-refractivity contribution < 1.29 is 29.0 Å². The largest absolute Gasteiger partial charge is 0.465 e. The molecular weight excluding hydrogens is 532 g/mol. The Morgan fingerprint density at radius 2 is 1.90 bits per heavy atom. The lowest BCUT2D eigenvalue weighted by Gasteiger charge is -2.37. The van der Waals surface area contributed by atoms with E-state index in [9.17, 15) is 19.5 Å². The number of likely N-dealkylation sites (tertiary alicyclic amines) is 1. The number of fused-ring (bicyclic) bond motifs is 2. The predicted molar refractivity (Wildman–Crippen MR) is 162 cm³/mol. The number of carbonyl (C=O) groups is 3. The van der Waals surface area contributed by atoms with E-state index in [1.807, 2.05) is 56.3 Å². The average molecular weight is 575 g/mol. The Labute approximate surface area is 248 Å². The molecule has 224 valence electrons. The van der Waals surface area contributed by atoms with Crippen LogP contribution >= 0.6 is 0 Å². The van der Waals surface area contributed by atoms with Gasteiger partial charge in [0.2, 0.25) is 5.91 Å². The van der Waals surface area contributed by atoms with E-state index in [1.54, 1.807) is 22.0 Å². The number of carbonyl (C=O) groups excluding carboxylic acids is 3. The molecule has 3 aliphatic rings. The van der Waals surface area contributed by atoms with E-state index in [4.69, 9.17) is 9.47 Å². The molecule has 8 nitrogen and oxygen atoms in total. The van der Waals surface area contributed by atoms with Crippen molar-refractivity contribution in [2.75, 3.05) is 31.2 Å². The van der Waals surface area contributed by atoms with E-state index >= 15 is 0 Å². The Morgan fingerprint density at radius 3 is 2.62 bits per heavy atom. The van der Waals surface area contributed by atoms with Crippen LogP contribution in [-0.4, -0.2) is 71.3 Å². The number of allylic oxidation sites excluding steroid dienone is 1. The van der Waals surface area contributed by atoms with Gasteiger partial charge in [0.25, 0.3) is 5.91 Å². The number of hydrogen-bond acceptors (Lipinski definition) is 6. The molecular formula is C34H42N2O6. The van der Waals surface area contributed by atoms with Crippen molar-refractivity contribution in [2.45, 2.75) is 63.2 Å². The van der Waals surface area contributed by atoms with Gasteiger partial charge >= 0.3 is 5.97 Å². The van der Waals surface area contributed by atoms with Crippen LogP contribution in [0.4, 0.5) is 5.69 Å². The van der Waals surface area contributed by atoms with E-state index in [1.165, 1.54) is 0 Å². The minimum atomic E-state index is -1.16. The molecule has 5 rings (SSSR count). The van der Waals surface area contributed by atoms with Crippen LogP contribution in [0.25, 0.3) is 10.8 Å². The van der Waals surface area contributed by atoms with Crippen molar-refractivity contribution >= 4 is 34.2 Å². The number of nitrogens with zero attached hydrogens (tertiary/aromatic N) is 2. The molecule has 6 atom stereocenters. The van der Waals surface area contributed by atoms with Gasteiger partial charge in [0.15, 0.2) is 0 Å². The lowest BCUT2D eigenvalue weighted by molar-refractivity contribution is -0.161. The van der Waals surface area contributed by atoms with Gasteiger partial charge in [0.05, 0.1) is 18.1 Å². The molecule has 1 spiro atoms. The van der Waals surface area contributed by atoms with Gasteiger partial charge in [-0.1, -0.05) is 49.4 Å². The monoisotopic (exact) mass is 574 g/mol. The van der Waals surface area contributed by atoms with Crippen molar-refractivity contribution in [3.63, 3.8) is 0 Å². The number of ether oxygens (including phenoxy) is 2. The molecule has 2 amide bonds. The van der Waals surface area contributed by atoms with Gasteiger partial charge in [0, 0.05) is 25.4 Å². The molecule has 2 bridgehead atoms. The minimum absolute atomic E-state index is 0.0137. The van der Waals surface area contributed by atoms with Crippen molar-refractivity contribution in [3.05, 3.63) is 67.8 Å². The summed E-state index contributed by atoms with van der Waals surface area (Å²) in [7, 11) is 0. The molecule has 0 aromatic heterocycles. The normalized spacial score (nSPS) is 29.5. The van der Waals surface area contributed by atoms with Crippen molar-refractivity contribution in [3.8, 4) is 0 Å². The summed E-state index contributed by atoms with van der Waals surface area (Å²) in [6.45, 7) is 12.3. The van der Waals surface area contributed by atoms with Gasteiger partial charge in [-0.25, -0.2) is 0 Å². The number of aliphatic hydroxyl groups is 1. The van der Waals surface area contributed by atoms with Crippen molar-refractivity contribution in [1.82, 2.24) is 4.90 Å². The zero-order valence-electron chi connectivity index (χ0n) is 24.7. The quantitative estimate of drug-likeness (QED) is 0.213. The zero-order chi connectivity index (χ0) is 30.1. The average Bonchev–Trinajstić information content (AvgIpc) is 3.50. The lowest BCUT2D eigenvalue weighted by atomic mass is 9.62. The lowest BCUT2D eigenvalue weighted by Crippen LogP contribution is -2.57. The molecule has 0 saturated carbocycles. The van der Waals surface area contributed by atoms with Gasteiger partial charge in [0.1, 0.15) is 17.6 Å². The predicted octanol–water partition coefficient (Wildman–Crippen LogP) is 4.65. The fraction of sp³-hybridized carbons (Fsp3) is 0.500. The molecule has 3 fully saturated rings. The third-order valence-electron chi connectivity index (χ3n) is 9.53. The molecule has 3 heterocycles. The highest BCUT2D eigenvalue weighted by Gasteiger charge is 2.80. The second-order valence-corrected chi connectivity index (χ2v) is 12.0. The summed E-state index contributed by atoms with van der Waals surface area (Å²) >= 11 is 0. The Balaban J connectivity index is 1.55. The fourth-order valence-corrected chi connectivity index (χ4v) is 7.45. The summed E-state index contributed by atoms with van der Waals surface area (Å²) < 4.78 is 12.5. The zero-order valence-corrected chi connectivity index (χ0v) is 24.7. The van der Waals surface area contributed by atoms with Crippen LogP contribution in [0.3, 0.4) is 0 Å². The Kier molecular flexibility index (Phi) is 8.58. The Bertz CT molecular complexity index is 1370. The van der Waals surface area contributed by atoms with Crippen molar-refractivity contribution in [1.29, 1.82) is 0 Å². The molecule has 3 saturated heterocycles. The maximum Gasteiger partial charge on any atom is 0.312 e. The summed E-state index contributed by atoms with van der Waals surface area (Å²) in [5, 5.41) is 11.5. The van der Waals surface area contributed by atoms with Crippen LogP contribution in [0.2, 0.25) is 0 Å². The molecule has 1 N–H and O–H groups in total. The summed E-state index contributed by atoms with van der Waals surface area (Å²) in [5.74, 6) is -2.68. The van der Waals surface area contributed by atoms with Gasteiger partial charge < -0.3 is 24.4 Å². The molecule has 2 aromatic rings. The Hall–Kier alpha value is -3.49. The summed E-state index contributed by atoms with van der Waals surface area (Å²) in [5.41, 5.74) is -1.40. The third-order valence-corrected chi connectivity index (χ3v) is 9.53. The number of aliphatic hydroxyl groups excluding tert-OH is 1. The van der Waals surface area contributed by atoms with Crippen LogP contribution < -0.4 is 4.90 Å².